The lowest BCUT2D eigenvalue weighted by Crippen LogP contribution is -2.43. The van der Waals surface area contributed by atoms with Crippen molar-refractivity contribution in [2.45, 2.75) is 19.2 Å². The SMILES string of the molecule is Cc1nc(NCC2CN(C)CCO2)ncc1-c1ccc(C(F)(F)F)cc1F.O=CO. The number of morpholine rings is 1. The average Bonchev–Trinajstić information content (AvgIpc) is 2.67. The van der Waals surface area contributed by atoms with Crippen molar-refractivity contribution in [3.05, 3.63) is 41.5 Å². The summed E-state index contributed by atoms with van der Waals surface area (Å²) in [6.45, 7) is 4.27. The van der Waals surface area contributed by atoms with Crippen molar-refractivity contribution in [3.8, 4) is 11.1 Å². The third-order valence-electron chi connectivity index (χ3n) is 4.40. The molecule has 30 heavy (non-hydrogen) atoms. The number of rotatable bonds is 4. The van der Waals surface area contributed by atoms with Crippen molar-refractivity contribution in [3.63, 3.8) is 0 Å². The van der Waals surface area contributed by atoms with Gasteiger partial charge in [0.2, 0.25) is 5.95 Å². The standard InChI is InChI=1S/C18H20F4N4O.CH2O2/c1-11-15(14-4-3-12(7-16(14)19)18(20,21)22)9-24-17(25-11)23-8-13-10-26(2)5-6-27-13;2-1-3/h3-4,7,9,13H,5-6,8,10H2,1-2H3,(H,23,24,25);1H,(H,2,3). The molecule has 1 aromatic heterocycles. The van der Waals surface area contributed by atoms with E-state index in [-0.39, 0.29) is 18.1 Å². The van der Waals surface area contributed by atoms with E-state index in [2.05, 4.69) is 20.2 Å². The number of nitrogens with zero attached hydrogens (tertiary/aromatic N) is 3. The summed E-state index contributed by atoms with van der Waals surface area (Å²) in [6, 6.07) is 2.43. The molecule has 11 heteroatoms. The van der Waals surface area contributed by atoms with Crippen molar-refractivity contribution in [1.29, 1.82) is 0 Å². The first-order chi connectivity index (χ1) is 14.2. The molecule has 1 saturated heterocycles. The van der Waals surface area contributed by atoms with Crippen LogP contribution in [0.5, 0.6) is 0 Å². The minimum Gasteiger partial charge on any atom is -0.483 e. The van der Waals surface area contributed by atoms with Gasteiger partial charge in [0.25, 0.3) is 6.47 Å². The van der Waals surface area contributed by atoms with Crippen LogP contribution in [0.2, 0.25) is 0 Å². The molecule has 0 spiro atoms. The zero-order chi connectivity index (χ0) is 22.3. The number of aryl methyl sites for hydroxylation is 1. The summed E-state index contributed by atoms with van der Waals surface area (Å²) >= 11 is 0. The Morgan fingerprint density at radius 2 is 2.07 bits per heavy atom. The normalized spacial score (nSPS) is 17.1. The number of carbonyl (C=O) groups is 1. The average molecular weight is 430 g/mol. The number of anilines is 1. The Morgan fingerprint density at radius 1 is 1.37 bits per heavy atom. The topological polar surface area (TPSA) is 87.6 Å². The molecule has 164 valence electrons. The van der Waals surface area contributed by atoms with Crippen LogP contribution in [0.1, 0.15) is 11.3 Å². The van der Waals surface area contributed by atoms with E-state index in [9.17, 15) is 17.6 Å². The van der Waals surface area contributed by atoms with Gasteiger partial charge in [0, 0.05) is 37.0 Å². The minimum atomic E-state index is -4.59. The van der Waals surface area contributed by atoms with Crippen molar-refractivity contribution >= 4 is 12.4 Å². The van der Waals surface area contributed by atoms with Crippen LogP contribution in [0.25, 0.3) is 11.1 Å². The number of nitrogens with one attached hydrogen (secondary N) is 1. The number of hydrogen-bond acceptors (Lipinski definition) is 6. The largest absolute Gasteiger partial charge is 0.483 e. The van der Waals surface area contributed by atoms with Crippen molar-refractivity contribution in [2.24, 2.45) is 0 Å². The first-order valence-corrected chi connectivity index (χ1v) is 8.98. The van der Waals surface area contributed by atoms with E-state index in [1.54, 1.807) is 6.92 Å². The van der Waals surface area contributed by atoms with Crippen molar-refractivity contribution in [2.75, 3.05) is 38.6 Å². The highest BCUT2D eigenvalue weighted by Crippen LogP contribution is 2.33. The minimum absolute atomic E-state index is 0.0136. The van der Waals surface area contributed by atoms with Crippen LogP contribution >= 0.6 is 0 Å². The summed E-state index contributed by atoms with van der Waals surface area (Å²) in [5, 5.41) is 9.97. The Labute approximate surface area is 170 Å². The van der Waals surface area contributed by atoms with Crippen molar-refractivity contribution < 1.29 is 32.2 Å². The number of aromatic nitrogens is 2. The zero-order valence-electron chi connectivity index (χ0n) is 16.4. The van der Waals surface area contributed by atoms with Gasteiger partial charge in [-0.1, -0.05) is 6.07 Å². The Balaban J connectivity index is 0.00000101. The molecular weight excluding hydrogens is 408 g/mol. The van der Waals surface area contributed by atoms with E-state index in [1.165, 1.54) is 6.20 Å². The highest BCUT2D eigenvalue weighted by atomic mass is 19.4. The highest BCUT2D eigenvalue weighted by Gasteiger charge is 2.31. The number of ether oxygens (including phenoxy) is 1. The fourth-order valence-electron chi connectivity index (χ4n) is 2.92. The third-order valence-corrected chi connectivity index (χ3v) is 4.40. The molecule has 7 nitrogen and oxygen atoms in total. The summed E-state index contributed by atoms with van der Waals surface area (Å²) < 4.78 is 57.9. The summed E-state index contributed by atoms with van der Waals surface area (Å²) in [4.78, 5) is 19.0. The van der Waals surface area contributed by atoms with Gasteiger partial charge >= 0.3 is 6.18 Å². The molecule has 1 fully saturated rings. The summed E-state index contributed by atoms with van der Waals surface area (Å²) in [7, 11) is 2.02. The van der Waals surface area contributed by atoms with Crippen LogP contribution in [0, 0.1) is 12.7 Å². The third kappa shape index (κ3) is 6.36. The van der Waals surface area contributed by atoms with Gasteiger partial charge < -0.3 is 20.1 Å². The van der Waals surface area contributed by atoms with Crippen LogP contribution < -0.4 is 5.32 Å². The molecule has 2 N–H and O–H groups in total. The second kappa shape index (κ2) is 10.3. The zero-order valence-corrected chi connectivity index (χ0v) is 16.4. The Morgan fingerprint density at radius 3 is 2.63 bits per heavy atom. The monoisotopic (exact) mass is 430 g/mol. The molecule has 1 atom stereocenters. The van der Waals surface area contributed by atoms with Crippen LogP contribution in [-0.2, 0) is 15.7 Å². The van der Waals surface area contributed by atoms with Crippen LogP contribution in [-0.4, -0.2) is 65.8 Å². The number of benzene rings is 1. The first kappa shape index (κ1) is 23.5. The van der Waals surface area contributed by atoms with Crippen LogP contribution in [0.3, 0.4) is 0 Å². The fourth-order valence-corrected chi connectivity index (χ4v) is 2.92. The Kier molecular flexibility index (Phi) is 8.07. The van der Waals surface area contributed by atoms with E-state index >= 15 is 0 Å². The van der Waals surface area contributed by atoms with Gasteiger partial charge in [-0.3, -0.25) is 4.79 Å². The molecule has 1 aliphatic rings. The van der Waals surface area contributed by atoms with Gasteiger partial charge in [0.1, 0.15) is 5.82 Å². The van der Waals surface area contributed by atoms with E-state index < -0.39 is 17.6 Å². The van der Waals surface area contributed by atoms with Crippen LogP contribution in [0.4, 0.5) is 23.5 Å². The Hall–Kier alpha value is -2.79. The molecule has 1 unspecified atom stereocenters. The molecule has 2 heterocycles. The molecule has 0 amide bonds. The smallest absolute Gasteiger partial charge is 0.416 e. The lowest BCUT2D eigenvalue weighted by atomic mass is 10.0. The summed E-state index contributed by atoms with van der Waals surface area (Å²) in [6.07, 6.45) is -3.17. The molecule has 0 saturated carbocycles. The predicted molar refractivity (Wildman–Crippen MR) is 102 cm³/mol. The number of halogens is 4. The fraction of sp³-hybridized carbons (Fsp3) is 0.421. The summed E-state index contributed by atoms with van der Waals surface area (Å²) in [5.41, 5.74) is -0.185. The van der Waals surface area contributed by atoms with E-state index in [0.29, 0.717) is 36.4 Å². The second-order valence-corrected chi connectivity index (χ2v) is 6.63. The number of carboxylic acid groups (broad SMARTS) is 1. The maximum Gasteiger partial charge on any atom is 0.416 e. The number of alkyl halides is 3. The van der Waals surface area contributed by atoms with Crippen molar-refractivity contribution in [1.82, 2.24) is 14.9 Å². The maximum atomic E-state index is 14.2. The molecule has 2 aromatic rings. The molecule has 1 aliphatic heterocycles. The van der Waals surface area contributed by atoms with Gasteiger partial charge in [-0.2, -0.15) is 13.2 Å². The lowest BCUT2D eigenvalue weighted by Gasteiger charge is -2.30. The lowest BCUT2D eigenvalue weighted by molar-refractivity contribution is -0.137. The van der Waals surface area contributed by atoms with Crippen LogP contribution in [0.15, 0.2) is 24.4 Å². The molecule has 0 radical (unpaired) electrons. The van der Waals surface area contributed by atoms with Gasteiger partial charge in [-0.15, -0.1) is 0 Å². The van der Waals surface area contributed by atoms with Gasteiger partial charge in [-0.05, 0) is 26.1 Å². The quantitative estimate of drug-likeness (QED) is 0.570. The molecular formula is C19H22F4N4O3. The molecule has 0 aliphatic carbocycles. The summed E-state index contributed by atoms with van der Waals surface area (Å²) in [5.74, 6) is -0.601. The van der Waals surface area contributed by atoms with E-state index in [4.69, 9.17) is 14.6 Å². The molecule has 1 aromatic carbocycles. The molecule has 3 rings (SSSR count). The number of hydrogen-bond donors (Lipinski definition) is 2. The second-order valence-electron chi connectivity index (χ2n) is 6.63. The van der Waals surface area contributed by atoms with Gasteiger partial charge in [-0.25, -0.2) is 14.4 Å². The van der Waals surface area contributed by atoms with E-state index in [0.717, 1.165) is 25.2 Å². The predicted octanol–water partition coefficient (Wildman–Crippen LogP) is 3.05. The van der Waals surface area contributed by atoms with Gasteiger partial charge in [0.15, 0.2) is 0 Å². The Bertz CT molecular complexity index is 864. The van der Waals surface area contributed by atoms with E-state index in [1.807, 2.05) is 7.05 Å². The van der Waals surface area contributed by atoms with Gasteiger partial charge in [0.05, 0.1) is 24.0 Å². The molecule has 0 bridgehead atoms. The highest BCUT2D eigenvalue weighted by molar-refractivity contribution is 5.66. The first-order valence-electron chi connectivity index (χ1n) is 8.98. The number of likely N-dealkylation sites (N-methyl/N-ethyl adjacent to an activating group) is 1. The maximum absolute atomic E-state index is 14.2.